The summed E-state index contributed by atoms with van der Waals surface area (Å²) in [6.45, 7) is 13.5. The Morgan fingerprint density at radius 2 is 1.74 bits per heavy atom. The summed E-state index contributed by atoms with van der Waals surface area (Å²) in [6.07, 6.45) is -1.10. The molecule has 2 saturated heterocycles. The summed E-state index contributed by atoms with van der Waals surface area (Å²) in [5.41, 5.74) is -3.23. The molecule has 1 aromatic carbocycles. The first kappa shape index (κ1) is 45.4. The lowest BCUT2D eigenvalue weighted by Gasteiger charge is -2.49. The molecule has 1 unspecified atom stereocenters. The van der Waals surface area contributed by atoms with Gasteiger partial charge < -0.3 is 38.6 Å². The number of terminal acetylenes is 1. The minimum Gasteiger partial charge on any atom is -0.461 e. The van der Waals surface area contributed by atoms with Crippen molar-refractivity contribution in [3.63, 3.8) is 0 Å². The molecular formula is C41H62FNO11. The Kier molecular flexibility index (Phi) is 16.2. The van der Waals surface area contributed by atoms with Gasteiger partial charge in [0, 0.05) is 38.0 Å². The van der Waals surface area contributed by atoms with Gasteiger partial charge in [0.25, 0.3) is 0 Å². The summed E-state index contributed by atoms with van der Waals surface area (Å²) < 4.78 is 52.2. The first-order valence-electron chi connectivity index (χ1n) is 18.9. The molecule has 13 heteroatoms. The van der Waals surface area contributed by atoms with Crippen LogP contribution < -0.4 is 0 Å². The molecule has 0 spiro atoms. The van der Waals surface area contributed by atoms with Crippen molar-refractivity contribution in [1.82, 2.24) is 4.90 Å². The lowest BCUT2D eigenvalue weighted by Crippen LogP contribution is -2.61. The number of aliphatic hydroxyl groups is 2. The lowest BCUT2D eigenvalue weighted by molar-refractivity contribution is -0.305. The number of hydrogen-bond donors (Lipinski definition) is 2. The van der Waals surface area contributed by atoms with Crippen molar-refractivity contribution in [2.24, 2.45) is 23.7 Å². The lowest BCUT2D eigenvalue weighted by atomic mass is 9.74. The van der Waals surface area contributed by atoms with Gasteiger partial charge in [-0.1, -0.05) is 51.8 Å². The standard InChI is InChI=1S/C41H62FNO11/c1-13-19-43(10)30-20-24(4)51-39(35(30)49-11)54-37-26(6)34(53-32(44)21-28-17-15-16-18-29(28)42)27(7)38(47)52-31(14-2)41(9,48)36(46)25(5)33(45)23(3)22-40(37,8)50-12/h1,15-18,23-27,30-31,34-37,39,46,48H,14,19-22H2,2-12H3/t23-,24+,25-,26+,27-,30-,31-,34+,35+,36-,37-,39?,40-,41-/m1/s1. The molecule has 14 atom stereocenters. The Bertz CT molecular complexity index is 1470. The zero-order chi connectivity index (χ0) is 40.7. The number of carbonyl (C=O) groups is 3. The van der Waals surface area contributed by atoms with Gasteiger partial charge in [-0.2, -0.15) is 0 Å². The van der Waals surface area contributed by atoms with Crippen LogP contribution in [0.5, 0.6) is 0 Å². The van der Waals surface area contributed by atoms with E-state index in [1.54, 1.807) is 40.9 Å². The van der Waals surface area contributed by atoms with Gasteiger partial charge in [0.2, 0.25) is 0 Å². The Morgan fingerprint density at radius 3 is 2.31 bits per heavy atom. The number of rotatable bonds is 10. The molecular weight excluding hydrogens is 701 g/mol. The Morgan fingerprint density at radius 1 is 1.09 bits per heavy atom. The average Bonchev–Trinajstić information content (AvgIpc) is 3.13. The third-order valence-corrected chi connectivity index (χ3v) is 11.5. The summed E-state index contributed by atoms with van der Waals surface area (Å²) in [7, 11) is 4.90. The number of hydrogen-bond acceptors (Lipinski definition) is 12. The molecule has 2 heterocycles. The van der Waals surface area contributed by atoms with E-state index in [4.69, 9.17) is 34.8 Å². The summed E-state index contributed by atoms with van der Waals surface area (Å²) in [5, 5.41) is 23.0. The van der Waals surface area contributed by atoms with Crippen LogP contribution in [0.2, 0.25) is 0 Å². The number of ketones is 1. The molecule has 0 amide bonds. The number of nitrogens with zero attached hydrogens (tertiary/aromatic N) is 1. The Balaban J connectivity index is 2.22. The number of Topliss-reactive ketones (excluding diaryl/α,β-unsaturated/α-hetero) is 1. The third kappa shape index (κ3) is 10.3. The van der Waals surface area contributed by atoms with Crippen molar-refractivity contribution < 1.29 is 57.4 Å². The topological polar surface area (TPSA) is 150 Å². The van der Waals surface area contributed by atoms with Gasteiger partial charge in [-0.25, -0.2) is 4.39 Å². The van der Waals surface area contributed by atoms with Crippen LogP contribution in [0.25, 0.3) is 0 Å². The predicted molar refractivity (Wildman–Crippen MR) is 198 cm³/mol. The molecule has 1 aromatic rings. The summed E-state index contributed by atoms with van der Waals surface area (Å²) >= 11 is 0. The van der Waals surface area contributed by atoms with Crippen LogP contribution in [-0.4, -0.2) is 121 Å². The fraction of sp³-hybridized carbons (Fsp3) is 0.732. The molecule has 0 radical (unpaired) electrons. The van der Waals surface area contributed by atoms with E-state index in [9.17, 15) is 29.0 Å². The van der Waals surface area contributed by atoms with E-state index in [0.29, 0.717) is 13.0 Å². The molecule has 2 aliphatic rings. The van der Waals surface area contributed by atoms with E-state index in [-0.39, 0.29) is 36.3 Å². The second kappa shape index (κ2) is 19.3. The quantitative estimate of drug-likeness (QED) is 0.261. The van der Waals surface area contributed by atoms with Crippen LogP contribution in [0.1, 0.15) is 80.2 Å². The fourth-order valence-corrected chi connectivity index (χ4v) is 8.21. The minimum absolute atomic E-state index is 0.0584. The van der Waals surface area contributed by atoms with E-state index >= 15 is 0 Å². The number of ether oxygens (including phenoxy) is 6. The maximum atomic E-state index is 14.7. The second-order valence-corrected chi connectivity index (χ2v) is 15.7. The van der Waals surface area contributed by atoms with Crippen molar-refractivity contribution >= 4 is 17.7 Å². The highest BCUT2D eigenvalue weighted by atomic mass is 19.1. The zero-order valence-electron chi connectivity index (χ0n) is 33.7. The second-order valence-electron chi connectivity index (χ2n) is 15.7. The largest absolute Gasteiger partial charge is 0.461 e. The van der Waals surface area contributed by atoms with Gasteiger partial charge in [0.15, 0.2) is 6.29 Å². The van der Waals surface area contributed by atoms with E-state index in [0.717, 1.165) is 0 Å². The highest BCUT2D eigenvalue weighted by Gasteiger charge is 2.53. The fourth-order valence-electron chi connectivity index (χ4n) is 8.21. The molecule has 12 nitrogen and oxygen atoms in total. The highest BCUT2D eigenvalue weighted by Crippen LogP contribution is 2.40. The van der Waals surface area contributed by atoms with E-state index in [2.05, 4.69) is 5.92 Å². The molecule has 2 N–H and O–H groups in total. The number of cyclic esters (lactones) is 1. The number of halogens is 1. The SMILES string of the molecule is C#CCN(C)[C@@H]1C[C@H](C)OC(O[C@@H]2[C@@H](C)[C@H](OC(=O)Cc3ccccc3F)[C@@H](C)C(=O)O[C@H](CC)[C@@](C)(O)[C@H](O)[C@H](C)C(=O)[C@H](C)C[C@@]2(C)OC)[C@H]1OC. The van der Waals surface area contributed by atoms with E-state index in [1.807, 2.05) is 18.9 Å². The molecule has 304 valence electrons. The third-order valence-electron chi connectivity index (χ3n) is 11.5. The smallest absolute Gasteiger partial charge is 0.312 e. The molecule has 54 heavy (non-hydrogen) atoms. The van der Waals surface area contributed by atoms with Crippen LogP contribution in [0.4, 0.5) is 4.39 Å². The first-order chi connectivity index (χ1) is 25.3. The molecule has 3 rings (SSSR count). The number of carbonyl (C=O) groups excluding carboxylic acids is 3. The maximum Gasteiger partial charge on any atom is 0.312 e. The number of aliphatic hydroxyl groups excluding tert-OH is 1. The van der Waals surface area contributed by atoms with Crippen molar-refractivity contribution in [3.05, 3.63) is 35.6 Å². The summed E-state index contributed by atoms with van der Waals surface area (Å²) in [4.78, 5) is 43.7. The molecule has 2 fully saturated rings. The average molecular weight is 764 g/mol. The monoisotopic (exact) mass is 763 g/mol. The van der Waals surface area contributed by atoms with Gasteiger partial charge in [0.1, 0.15) is 35.5 Å². The van der Waals surface area contributed by atoms with E-state index < -0.39 is 95.9 Å². The van der Waals surface area contributed by atoms with Crippen LogP contribution in [-0.2, 0) is 49.2 Å². The van der Waals surface area contributed by atoms with Gasteiger partial charge >= 0.3 is 11.9 Å². The van der Waals surface area contributed by atoms with Gasteiger partial charge in [-0.05, 0) is 65.6 Å². The molecule has 0 saturated carbocycles. The number of likely N-dealkylation sites (N-methyl/N-ethyl adjacent to an activating group) is 1. The Labute approximate surface area is 320 Å². The molecule has 2 aliphatic heterocycles. The predicted octanol–water partition coefficient (Wildman–Crippen LogP) is 4.10. The normalized spacial score (nSPS) is 38.6. The van der Waals surface area contributed by atoms with E-state index in [1.165, 1.54) is 46.1 Å². The number of esters is 2. The minimum atomic E-state index is -2.02. The zero-order valence-corrected chi connectivity index (χ0v) is 33.7. The van der Waals surface area contributed by atoms with Gasteiger partial charge in [-0.3, -0.25) is 19.3 Å². The summed E-state index contributed by atoms with van der Waals surface area (Å²) in [5.74, 6) is -3.75. The maximum absolute atomic E-state index is 14.7. The summed E-state index contributed by atoms with van der Waals surface area (Å²) in [6, 6.07) is 5.60. The van der Waals surface area contributed by atoms with Gasteiger partial charge in [0.05, 0.1) is 42.8 Å². The van der Waals surface area contributed by atoms with Crippen LogP contribution in [0, 0.1) is 41.8 Å². The Hall–Kier alpha value is -2.96. The molecule has 0 aliphatic carbocycles. The molecule has 0 aromatic heterocycles. The number of methoxy groups -OCH3 is 2. The van der Waals surface area contributed by atoms with Gasteiger partial charge in [-0.15, -0.1) is 6.42 Å². The van der Waals surface area contributed by atoms with Crippen molar-refractivity contribution in [3.8, 4) is 12.3 Å². The number of benzene rings is 1. The first-order valence-corrected chi connectivity index (χ1v) is 18.9. The van der Waals surface area contributed by atoms with Crippen molar-refractivity contribution in [2.45, 2.75) is 141 Å². The highest BCUT2D eigenvalue weighted by molar-refractivity contribution is 5.83. The van der Waals surface area contributed by atoms with Crippen LogP contribution >= 0.6 is 0 Å². The van der Waals surface area contributed by atoms with Crippen molar-refractivity contribution in [1.29, 1.82) is 0 Å². The molecule has 0 bridgehead atoms. The van der Waals surface area contributed by atoms with Crippen LogP contribution in [0.15, 0.2) is 24.3 Å². The van der Waals surface area contributed by atoms with Crippen molar-refractivity contribution in [2.75, 3.05) is 27.8 Å². The van der Waals surface area contributed by atoms with Crippen LogP contribution in [0.3, 0.4) is 0 Å².